The molecule has 4 unspecified atom stereocenters. The van der Waals surface area contributed by atoms with E-state index in [1.165, 1.54) is 11.3 Å². The monoisotopic (exact) mass is 383 g/mol. The summed E-state index contributed by atoms with van der Waals surface area (Å²) in [6, 6.07) is 0.407. The third-order valence-corrected chi connectivity index (χ3v) is 6.94. The minimum Gasteiger partial charge on any atom is -0.351 e. The Bertz CT molecular complexity index is 546. The fourth-order valence-electron chi connectivity index (χ4n) is 5.79. The van der Waals surface area contributed by atoms with Gasteiger partial charge in [0, 0.05) is 12.1 Å². The molecular weight excluding hydrogens is 354 g/mol. The highest BCUT2D eigenvalue weighted by Crippen LogP contribution is 2.40. The Morgan fingerprint density at radius 3 is 2.04 bits per heavy atom. The SMILES string of the molecule is Cl.NC1CC2CCCC(C1)C2NC(=O)CN1C(=O)C2CCCCC2C1=O. The summed E-state index contributed by atoms with van der Waals surface area (Å²) in [6.45, 7) is -0.105. The van der Waals surface area contributed by atoms with E-state index in [1.54, 1.807) is 0 Å². The minimum absolute atomic E-state index is 0. The molecule has 3 saturated carbocycles. The van der Waals surface area contributed by atoms with Crippen molar-refractivity contribution in [2.75, 3.05) is 6.54 Å². The standard InChI is InChI=1S/C19H29N3O3.ClH/c20-13-8-11-4-3-5-12(9-13)17(11)21-16(23)10-22-18(24)14-6-1-2-7-15(14)19(22)25;/h11-15,17H,1-10,20H2,(H,21,23);1H. The van der Waals surface area contributed by atoms with Gasteiger partial charge >= 0.3 is 0 Å². The summed E-state index contributed by atoms with van der Waals surface area (Å²) < 4.78 is 0. The Morgan fingerprint density at radius 1 is 0.962 bits per heavy atom. The molecule has 1 aliphatic heterocycles. The van der Waals surface area contributed by atoms with E-state index in [2.05, 4.69) is 5.32 Å². The van der Waals surface area contributed by atoms with Crippen LogP contribution in [-0.2, 0) is 14.4 Å². The Hall–Kier alpha value is -1.14. The van der Waals surface area contributed by atoms with E-state index < -0.39 is 0 Å². The van der Waals surface area contributed by atoms with E-state index in [4.69, 9.17) is 5.73 Å². The number of nitrogens with zero attached hydrogens (tertiary/aromatic N) is 1. The highest BCUT2D eigenvalue weighted by atomic mass is 35.5. The predicted octanol–water partition coefficient (Wildman–Crippen LogP) is 1.61. The smallest absolute Gasteiger partial charge is 0.240 e. The maximum Gasteiger partial charge on any atom is 0.240 e. The number of fused-ring (bicyclic) bond motifs is 3. The van der Waals surface area contributed by atoms with Crippen molar-refractivity contribution in [2.45, 2.75) is 69.9 Å². The average molecular weight is 384 g/mol. The van der Waals surface area contributed by atoms with Gasteiger partial charge in [0.2, 0.25) is 17.7 Å². The summed E-state index contributed by atoms with van der Waals surface area (Å²) in [6.07, 6.45) is 8.96. The zero-order chi connectivity index (χ0) is 17.6. The van der Waals surface area contributed by atoms with Gasteiger partial charge in [0.25, 0.3) is 0 Å². The van der Waals surface area contributed by atoms with Crippen molar-refractivity contribution in [3.63, 3.8) is 0 Å². The molecule has 0 spiro atoms. The summed E-state index contributed by atoms with van der Waals surface area (Å²) in [5.74, 6) is 0.0874. The first-order valence-corrected chi connectivity index (χ1v) is 9.94. The molecule has 1 saturated heterocycles. The van der Waals surface area contributed by atoms with Gasteiger partial charge in [-0.1, -0.05) is 19.3 Å². The molecule has 3 N–H and O–H groups in total. The molecule has 2 bridgehead atoms. The number of likely N-dealkylation sites (tertiary alicyclic amines) is 1. The van der Waals surface area contributed by atoms with Gasteiger partial charge in [-0.2, -0.15) is 0 Å². The second-order valence-corrected chi connectivity index (χ2v) is 8.54. The van der Waals surface area contributed by atoms with Crippen LogP contribution in [0.4, 0.5) is 0 Å². The van der Waals surface area contributed by atoms with E-state index in [-0.39, 0.29) is 60.6 Å². The molecule has 0 aromatic heterocycles. The summed E-state index contributed by atoms with van der Waals surface area (Å²) in [7, 11) is 0. The van der Waals surface area contributed by atoms with Gasteiger partial charge in [-0.05, 0) is 50.4 Å². The Morgan fingerprint density at radius 2 is 1.50 bits per heavy atom. The van der Waals surface area contributed by atoms with Gasteiger partial charge in [0.15, 0.2) is 0 Å². The number of carbonyl (C=O) groups is 3. The van der Waals surface area contributed by atoms with Crippen molar-refractivity contribution in [1.82, 2.24) is 10.2 Å². The van der Waals surface area contributed by atoms with Crippen molar-refractivity contribution in [2.24, 2.45) is 29.4 Å². The largest absolute Gasteiger partial charge is 0.351 e. The van der Waals surface area contributed by atoms with Crippen molar-refractivity contribution in [1.29, 1.82) is 0 Å². The molecule has 7 heteroatoms. The van der Waals surface area contributed by atoms with Crippen LogP contribution >= 0.6 is 12.4 Å². The highest BCUT2D eigenvalue weighted by Gasteiger charge is 2.49. The van der Waals surface area contributed by atoms with Crippen LogP contribution in [-0.4, -0.2) is 41.2 Å². The number of amides is 3. The van der Waals surface area contributed by atoms with Crippen LogP contribution in [0.25, 0.3) is 0 Å². The molecule has 3 amide bonds. The quantitative estimate of drug-likeness (QED) is 0.724. The number of hydrogen-bond donors (Lipinski definition) is 2. The van der Waals surface area contributed by atoms with Crippen LogP contribution < -0.4 is 11.1 Å². The summed E-state index contributed by atoms with van der Waals surface area (Å²) in [5.41, 5.74) is 6.14. The number of nitrogens with two attached hydrogens (primary N) is 1. The molecule has 3 aliphatic carbocycles. The van der Waals surface area contributed by atoms with Crippen molar-refractivity contribution in [3.05, 3.63) is 0 Å². The van der Waals surface area contributed by atoms with E-state index in [9.17, 15) is 14.4 Å². The zero-order valence-electron chi connectivity index (χ0n) is 15.2. The van der Waals surface area contributed by atoms with Gasteiger partial charge < -0.3 is 11.1 Å². The molecule has 6 nitrogen and oxygen atoms in total. The first kappa shape index (κ1) is 19.6. The summed E-state index contributed by atoms with van der Waals surface area (Å²) in [5, 5.41) is 3.15. The second-order valence-electron chi connectivity index (χ2n) is 8.54. The number of nitrogens with one attached hydrogen (secondary N) is 1. The number of halogens is 1. The summed E-state index contributed by atoms with van der Waals surface area (Å²) in [4.78, 5) is 38.9. The molecule has 26 heavy (non-hydrogen) atoms. The fourth-order valence-corrected chi connectivity index (χ4v) is 5.79. The van der Waals surface area contributed by atoms with Crippen LogP contribution in [0.15, 0.2) is 0 Å². The normalized spacial score (nSPS) is 39.2. The van der Waals surface area contributed by atoms with Crippen LogP contribution in [0.1, 0.15) is 57.8 Å². The number of carbonyl (C=O) groups excluding carboxylic acids is 3. The van der Waals surface area contributed by atoms with E-state index in [0.717, 1.165) is 51.4 Å². The maximum absolute atomic E-state index is 12.6. The Balaban J connectivity index is 0.00000196. The molecule has 4 fully saturated rings. The maximum atomic E-state index is 12.6. The molecule has 0 aromatic carbocycles. The first-order chi connectivity index (χ1) is 12.0. The third kappa shape index (κ3) is 3.50. The molecule has 1 heterocycles. The van der Waals surface area contributed by atoms with Gasteiger partial charge in [0.1, 0.15) is 6.54 Å². The molecule has 4 aliphatic rings. The van der Waals surface area contributed by atoms with Gasteiger partial charge in [0.05, 0.1) is 11.8 Å². The molecule has 4 rings (SSSR count). The highest BCUT2D eigenvalue weighted by molar-refractivity contribution is 6.07. The third-order valence-electron chi connectivity index (χ3n) is 6.94. The van der Waals surface area contributed by atoms with Crippen molar-refractivity contribution in [3.8, 4) is 0 Å². The Labute approximate surface area is 161 Å². The zero-order valence-corrected chi connectivity index (χ0v) is 16.0. The lowest BCUT2D eigenvalue weighted by molar-refractivity contribution is -0.144. The molecule has 0 aromatic rings. The lowest BCUT2D eigenvalue weighted by Crippen LogP contribution is -2.55. The number of imide groups is 1. The summed E-state index contributed by atoms with van der Waals surface area (Å²) >= 11 is 0. The molecular formula is C19H30ClN3O3. The van der Waals surface area contributed by atoms with Gasteiger partial charge in [-0.25, -0.2) is 0 Å². The first-order valence-electron chi connectivity index (χ1n) is 9.94. The van der Waals surface area contributed by atoms with E-state index in [0.29, 0.717) is 11.8 Å². The number of hydrogen-bond acceptors (Lipinski definition) is 4. The van der Waals surface area contributed by atoms with Crippen LogP contribution in [0.3, 0.4) is 0 Å². The Kier molecular flexibility index (Phi) is 5.92. The average Bonchev–Trinajstić information content (AvgIpc) is 2.81. The molecule has 146 valence electrons. The van der Waals surface area contributed by atoms with Crippen molar-refractivity contribution >= 4 is 30.1 Å². The van der Waals surface area contributed by atoms with Crippen LogP contribution in [0.5, 0.6) is 0 Å². The van der Waals surface area contributed by atoms with Crippen LogP contribution in [0.2, 0.25) is 0 Å². The second kappa shape index (κ2) is 7.85. The molecule has 4 atom stereocenters. The molecule has 0 radical (unpaired) electrons. The topological polar surface area (TPSA) is 92.5 Å². The van der Waals surface area contributed by atoms with Gasteiger partial charge in [-0.3, -0.25) is 19.3 Å². The number of rotatable bonds is 3. The van der Waals surface area contributed by atoms with E-state index >= 15 is 0 Å². The van der Waals surface area contributed by atoms with Crippen LogP contribution in [0, 0.1) is 23.7 Å². The minimum atomic E-state index is -0.183. The lowest BCUT2D eigenvalue weighted by atomic mass is 9.67. The van der Waals surface area contributed by atoms with Crippen molar-refractivity contribution < 1.29 is 14.4 Å². The fraction of sp³-hybridized carbons (Fsp3) is 0.842. The van der Waals surface area contributed by atoms with Gasteiger partial charge in [-0.15, -0.1) is 12.4 Å². The lowest BCUT2D eigenvalue weighted by Gasteiger charge is -2.45. The van der Waals surface area contributed by atoms with E-state index in [1.807, 2.05) is 0 Å². The predicted molar refractivity (Wildman–Crippen MR) is 99.4 cm³/mol.